The zero-order valence-corrected chi connectivity index (χ0v) is 7.44. The summed E-state index contributed by atoms with van der Waals surface area (Å²) in [4.78, 5) is 0. The summed E-state index contributed by atoms with van der Waals surface area (Å²) in [7, 11) is 0. The minimum absolute atomic E-state index is 0.114. The molecule has 1 heterocycles. The van der Waals surface area contributed by atoms with Crippen LogP contribution in [0.4, 0.5) is 0 Å². The summed E-state index contributed by atoms with van der Waals surface area (Å²) in [6.07, 6.45) is -1.61. The lowest BCUT2D eigenvalue weighted by molar-refractivity contribution is 0.0147. The third kappa shape index (κ3) is 1.61. The van der Waals surface area contributed by atoms with Gasteiger partial charge in [0.25, 0.3) is 0 Å². The summed E-state index contributed by atoms with van der Waals surface area (Å²) in [6.45, 7) is 3.79. The van der Waals surface area contributed by atoms with Crippen LogP contribution in [0.5, 0.6) is 0 Å². The van der Waals surface area contributed by atoms with E-state index < -0.39 is 12.2 Å². The van der Waals surface area contributed by atoms with Crippen molar-refractivity contribution in [2.24, 2.45) is 5.92 Å². The van der Waals surface area contributed by atoms with Crippen molar-refractivity contribution in [3.05, 3.63) is 0 Å². The van der Waals surface area contributed by atoms with Gasteiger partial charge in [0.2, 0.25) is 0 Å². The van der Waals surface area contributed by atoms with Crippen LogP contribution >= 0.6 is 0 Å². The Morgan fingerprint density at radius 1 is 1.25 bits per heavy atom. The molecule has 4 nitrogen and oxygen atoms in total. The first-order valence-electron chi connectivity index (χ1n) is 4.31. The molecule has 0 radical (unpaired) electrons. The third-order valence-electron chi connectivity index (χ3n) is 2.45. The molecule has 0 aliphatic carbocycles. The molecule has 1 saturated heterocycles. The molecule has 0 saturated carbocycles. The fraction of sp³-hybridized carbons (Fsp3) is 1.00. The molecule has 12 heavy (non-hydrogen) atoms. The van der Waals surface area contributed by atoms with Crippen LogP contribution in [0.3, 0.4) is 0 Å². The van der Waals surface area contributed by atoms with E-state index in [1.165, 1.54) is 0 Å². The fourth-order valence-electron chi connectivity index (χ4n) is 1.64. The van der Waals surface area contributed by atoms with E-state index in [9.17, 15) is 10.2 Å². The summed E-state index contributed by atoms with van der Waals surface area (Å²) < 4.78 is 0. The quantitative estimate of drug-likeness (QED) is 0.421. The predicted molar refractivity (Wildman–Crippen MR) is 44.6 cm³/mol. The topological polar surface area (TPSA) is 72.7 Å². The molecule has 72 valence electrons. The highest BCUT2D eigenvalue weighted by atomic mass is 16.3. The largest absolute Gasteiger partial charge is 0.395 e. The Hall–Kier alpha value is -0.160. The second-order valence-corrected chi connectivity index (χ2v) is 3.71. The lowest BCUT2D eigenvalue weighted by Crippen LogP contribution is -2.38. The van der Waals surface area contributed by atoms with Gasteiger partial charge in [0.15, 0.2) is 0 Å². The average Bonchev–Trinajstić information content (AvgIpc) is 2.30. The van der Waals surface area contributed by atoms with Gasteiger partial charge in [-0.3, -0.25) is 0 Å². The van der Waals surface area contributed by atoms with Crippen LogP contribution in [0.2, 0.25) is 0 Å². The highest BCUT2D eigenvalue weighted by Gasteiger charge is 2.41. The molecule has 0 aromatic carbocycles. The van der Waals surface area contributed by atoms with E-state index in [0.29, 0.717) is 0 Å². The summed E-state index contributed by atoms with van der Waals surface area (Å²) in [5.74, 6) is 0.256. The average molecular weight is 175 g/mol. The van der Waals surface area contributed by atoms with Crippen LogP contribution in [0.25, 0.3) is 0 Å². The van der Waals surface area contributed by atoms with Gasteiger partial charge >= 0.3 is 0 Å². The highest BCUT2D eigenvalue weighted by Crippen LogP contribution is 2.19. The van der Waals surface area contributed by atoms with Crippen molar-refractivity contribution in [2.45, 2.75) is 38.1 Å². The van der Waals surface area contributed by atoms with Crippen molar-refractivity contribution < 1.29 is 15.3 Å². The Bertz CT molecular complexity index is 151. The Morgan fingerprint density at radius 3 is 2.08 bits per heavy atom. The van der Waals surface area contributed by atoms with E-state index in [1.54, 1.807) is 0 Å². The summed E-state index contributed by atoms with van der Waals surface area (Å²) in [6, 6.07) is -0.496. The van der Waals surface area contributed by atoms with E-state index in [2.05, 4.69) is 5.32 Å². The molecule has 0 amide bonds. The molecule has 1 rings (SSSR count). The SMILES string of the molecule is CC(C)[C@H]1NC(CO)[C@H](O)[C@@H]1O. The molecule has 4 N–H and O–H groups in total. The molecule has 0 aromatic rings. The zero-order valence-electron chi connectivity index (χ0n) is 7.44. The van der Waals surface area contributed by atoms with E-state index in [4.69, 9.17) is 5.11 Å². The Morgan fingerprint density at radius 2 is 1.83 bits per heavy atom. The first-order chi connectivity index (χ1) is 5.57. The van der Waals surface area contributed by atoms with Gasteiger partial charge in [-0.05, 0) is 5.92 Å². The number of nitrogens with one attached hydrogen (secondary N) is 1. The lowest BCUT2D eigenvalue weighted by Gasteiger charge is -2.19. The molecular weight excluding hydrogens is 158 g/mol. The molecule has 0 aromatic heterocycles. The van der Waals surface area contributed by atoms with Crippen LogP contribution < -0.4 is 5.32 Å². The minimum Gasteiger partial charge on any atom is -0.395 e. The highest BCUT2D eigenvalue weighted by molar-refractivity contribution is 4.98. The van der Waals surface area contributed by atoms with Crippen molar-refractivity contribution in [1.29, 1.82) is 0 Å². The fourth-order valence-corrected chi connectivity index (χ4v) is 1.64. The molecule has 1 aliphatic heterocycles. The standard InChI is InChI=1S/C8H17NO3/c1-4(2)6-8(12)7(11)5(3-10)9-6/h4-12H,3H2,1-2H3/t5?,6-,7+,8-/m1/s1. The minimum atomic E-state index is -0.845. The normalized spacial score (nSPS) is 42.5. The Labute approximate surface area is 72.2 Å². The number of aliphatic hydroxyl groups is 3. The number of hydrogen-bond donors (Lipinski definition) is 4. The molecule has 4 heteroatoms. The first-order valence-corrected chi connectivity index (χ1v) is 4.31. The van der Waals surface area contributed by atoms with Gasteiger partial charge in [-0.1, -0.05) is 13.8 Å². The van der Waals surface area contributed by atoms with Crippen molar-refractivity contribution in [3.8, 4) is 0 Å². The van der Waals surface area contributed by atoms with Gasteiger partial charge < -0.3 is 20.6 Å². The van der Waals surface area contributed by atoms with Crippen molar-refractivity contribution >= 4 is 0 Å². The Balaban J connectivity index is 2.60. The molecular formula is C8H17NO3. The molecule has 1 aliphatic rings. The van der Waals surface area contributed by atoms with E-state index in [0.717, 1.165) is 0 Å². The number of rotatable bonds is 2. The van der Waals surface area contributed by atoms with Gasteiger partial charge in [0, 0.05) is 6.04 Å². The maximum absolute atomic E-state index is 9.51. The van der Waals surface area contributed by atoms with Gasteiger partial charge in [0.05, 0.1) is 24.9 Å². The van der Waals surface area contributed by atoms with Gasteiger partial charge in [0.1, 0.15) is 0 Å². The predicted octanol–water partition coefficient (Wildman–Crippen LogP) is -1.30. The van der Waals surface area contributed by atoms with E-state index >= 15 is 0 Å². The molecule has 0 bridgehead atoms. The third-order valence-corrected chi connectivity index (χ3v) is 2.45. The van der Waals surface area contributed by atoms with Gasteiger partial charge in [-0.15, -0.1) is 0 Å². The summed E-state index contributed by atoms with van der Waals surface area (Å²) >= 11 is 0. The second kappa shape index (κ2) is 3.70. The van der Waals surface area contributed by atoms with Gasteiger partial charge in [-0.25, -0.2) is 0 Å². The summed E-state index contributed by atoms with van der Waals surface area (Å²) in [5, 5.41) is 30.7. The van der Waals surface area contributed by atoms with Crippen molar-refractivity contribution in [2.75, 3.05) is 6.61 Å². The van der Waals surface area contributed by atoms with Crippen LogP contribution in [0.1, 0.15) is 13.8 Å². The van der Waals surface area contributed by atoms with Crippen molar-refractivity contribution in [1.82, 2.24) is 5.32 Å². The first kappa shape index (κ1) is 9.92. The zero-order chi connectivity index (χ0) is 9.30. The van der Waals surface area contributed by atoms with Crippen LogP contribution in [0.15, 0.2) is 0 Å². The van der Waals surface area contributed by atoms with E-state index in [1.807, 2.05) is 13.8 Å². The van der Waals surface area contributed by atoms with Gasteiger partial charge in [-0.2, -0.15) is 0 Å². The van der Waals surface area contributed by atoms with Crippen molar-refractivity contribution in [3.63, 3.8) is 0 Å². The van der Waals surface area contributed by atoms with Crippen LogP contribution in [-0.4, -0.2) is 46.2 Å². The number of hydrogen-bond acceptors (Lipinski definition) is 4. The molecule has 0 spiro atoms. The second-order valence-electron chi connectivity index (χ2n) is 3.71. The Kier molecular flexibility index (Phi) is 3.06. The molecule has 4 atom stereocenters. The summed E-state index contributed by atoms with van der Waals surface area (Å²) in [5.41, 5.74) is 0. The van der Waals surface area contributed by atoms with Crippen LogP contribution in [0, 0.1) is 5.92 Å². The maximum Gasteiger partial charge on any atom is 0.0989 e. The number of aliphatic hydroxyl groups excluding tert-OH is 3. The molecule has 1 unspecified atom stereocenters. The van der Waals surface area contributed by atoms with Crippen LogP contribution in [-0.2, 0) is 0 Å². The molecule has 1 fully saturated rings. The maximum atomic E-state index is 9.51. The smallest absolute Gasteiger partial charge is 0.0989 e. The van der Waals surface area contributed by atoms with E-state index in [-0.39, 0.29) is 24.6 Å². The monoisotopic (exact) mass is 175 g/mol. The lowest BCUT2D eigenvalue weighted by atomic mass is 9.99.